The molecule has 1 saturated heterocycles. The Bertz CT molecular complexity index is 1570. The van der Waals surface area contributed by atoms with E-state index in [4.69, 9.17) is 0 Å². The number of carbonyl (C=O) groups is 2. The minimum Gasteiger partial charge on any atom is -0.331 e. The van der Waals surface area contributed by atoms with Crippen LogP contribution >= 0.6 is 0 Å². The highest BCUT2D eigenvalue weighted by Gasteiger charge is 2.67. The van der Waals surface area contributed by atoms with Crippen molar-refractivity contribution >= 4 is 11.8 Å². The lowest BCUT2D eigenvalue weighted by molar-refractivity contribution is -0.145. The van der Waals surface area contributed by atoms with Gasteiger partial charge in [-0.05, 0) is 68.5 Å². The Balaban J connectivity index is 1.73. The third-order valence-electron chi connectivity index (χ3n) is 8.44. The molecule has 4 aromatic carbocycles. The number of benzene rings is 4. The molecule has 2 spiro atoms. The highest BCUT2D eigenvalue weighted by molar-refractivity contribution is 6.36. The van der Waals surface area contributed by atoms with E-state index in [1.165, 1.54) is 16.7 Å². The zero-order valence-electron chi connectivity index (χ0n) is 20.3. The summed E-state index contributed by atoms with van der Waals surface area (Å²) in [5, 5.41) is 6.65. The summed E-state index contributed by atoms with van der Waals surface area (Å²) in [6.45, 7) is 4.33. The van der Waals surface area contributed by atoms with E-state index in [1.807, 2.05) is 30.3 Å². The summed E-state index contributed by atoms with van der Waals surface area (Å²) in [5.74, 6) is -1.21. The van der Waals surface area contributed by atoms with Crippen molar-refractivity contribution in [1.29, 1.82) is 0 Å². The molecule has 1 fully saturated rings. The normalized spacial score (nSPS) is 19.9. The van der Waals surface area contributed by atoms with Crippen LogP contribution in [0.3, 0.4) is 0 Å². The molecule has 0 saturated carbocycles. The summed E-state index contributed by atoms with van der Waals surface area (Å²) in [6.07, 6.45) is 1.68. The molecule has 1 heterocycles. The summed E-state index contributed by atoms with van der Waals surface area (Å²) in [6, 6.07) is 29.3. The molecule has 36 heavy (non-hydrogen) atoms. The second-order valence-electron chi connectivity index (χ2n) is 9.89. The number of hydrogen-bond acceptors (Lipinski definition) is 2. The highest BCUT2D eigenvalue weighted by Crippen LogP contribution is 2.64. The molecule has 4 nitrogen and oxygen atoms in total. The van der Waals surface area contributed by atoms with Crippen molar-refractivity contribution in [3.63, 3.8) is 0 Å². The van der Waals surface area contributed by atoms with Crippen LogP contribution in [-0.4, -0.2) is 11.8 Å². The lowest BCUT2D eigenvalue weighted by Gasteiger charge is -2.52. The van der Waals surface area contributed by atoms with Gasteiger partial charge in [0.25, 0.3) is 0 Å². The van der Waals surface area contributed by atoms with Crippen molar-refractivity contribution in [3.05, 3.63) is 118 Å². The maximum Gasteiger partial charge on any atom is 0.310 e. The van der Waals surface area contributed by atoms with Crippen LogP contribution in [0.5, 0.6) is 0 Å². The van der Waals surface area contributed by atoms with Gasteiger partial charge >= 0.3 is 11.8 Å². The molecule has 0 radical (unpaired) electrons. The zero-order valence-corrected chi connectivity index (χ0v) is 20.3. The number of nitrogens with one attached hydrogen (secondary N) is 2. The smallest absolute Gasteiger partial charge is 0.310 e. The van der Waals surface area contributed by atoms with Crippen molar-refractivity contribution in [2.24, 2.45) is 0 Å². The molecule has 1 unspecified atom stereocenters. The number of carbonyl (C=O) groups excluding carboxylic acids is 2. The van der Waals surface area contributed by atoms with Crippen LogP contribution < -0.4 is 10.6 Å². The maximum atomic E-state index is 13.4. The summed E-state index contributed by atoms with van der Waals surface area (Å²) < 4.78 is 0. The first-order chi connectivity index (χ1) is 17.6. The van der Waals surface area contributed by atoms with Crippen LogP contribution in [0.25, 0.3) is 22.3 Å². The fraction of sp³-hybridized carbons (Fsp3) is 0.188. The van der Waals surface area contributed by atoms with E-state index in [0.29, 0.717) is 0 Å². The second-order valence-corrected chi connectivity index (χ2v) is 9.89. The molecular weight excluding hydrogens is 444 g/mol. The first-order valence-electron chi connectivity index (χ1n) is 12.7. The van der Waals surface area contributed by atoms with Crippen molar-refractivity contribution in [2.45, 2.75) is 37.8 Å². The van der Waals surface area contributed by atoms with E-state index in [1.54, 1.807) is 0 Å². The van der Waals surface area contributed by atoms with Crippen LogP contribution in [0.1, 0.15) is 47.2 Å². The summed E-state index contributed by atoms with van der Waals surface area (Å²) in [5.41, 5.74) is 9.04. The van der Waals surface area contributed by atoms with E-state index >= 15 is 0 Å². The standard InChI is InChI=1S/C32H26N2O2/c1-3-19-17-18-20(4-2)28-27(19)23-13-7-10-16-26(23)32(28)31(33-29(35)30(36)34-32)24-14-8-5-11-21(24)22-12-6-9-15-25(22)31/h5-18H,3-4H2,1-2H3,(H,33,35)(H,34,36). The lowest BCUT2D eigenvalue weighted by atomic mass is 9.63. The van der Waals surface area contributed by atoms with Crippen molar-refractivity contribution in [2.75, 3.05) is 0 Å². The highest BCUT2D eigenvalue weighted by atomic mass is 16.2. The van der Waals surface area contributed by atoms with Crippen LogP contribution in [0.2, 0.25) is 0 Å². The van der Waals surface area contributed by atoms with Crippen LogP contribution in [0.4, 0.5) is 0 Å². The van der Waals surface area contributed by atoms with Gasteiger partial charge in [0.2, 0.25) is 0 Å². The molecule has 0 bridgehead atoms. The van der Waals surface area contributed by atoms with Crippen LogP contribution in [0, 0.1) is 0 Å². The first-order valence-corrected chi connectivity index (χ1v) is 12.7. The van der Waals surface area contributed by atoms with E-state index in [9.17, 15) is 9.59 Å². The SMILES string of the molecule is CCc1ccc(CC)c2c1-c1ccccc1C21NC(=O)C(=O)NC12c1ccccc1-c1ccccc12. The Labute approximate surface area is 210 Å². The topological polar surface area (TPSA) is 58.2 Å². The Hall–Kier alpha value is -4.18. The molecule has 3 aliphatic rings. The second kappa shape index (κ2) is 7.17. The first kappa shape index (κ1) is 21.1. The third kappa shape index (κ3) is 2.25. The van der Waals surface area contributed by atoms with Gasteiger partial charge in [-0.25, -0.2) is 0 Å². The molecular formula is C32H26N2O2. The molecule has 2 N–H and O–H groups in total. The molecule has 0 aromatic heterocycles. The molecule has 1 atom stereocenters. The maximum absolute atomic E-state index is 13.4. The number of piperazine rings is 1. The number of aryl methyl sites for hydroxylation is 2. The fourth-order valence-corrected chi connectivity index (χ4v) is 7.11. The fourth-order valence-electron chi connectivity index (χ4n) is 7.11. The minimum absolute atomic E-state index is 0.603. The van der Waals surface area contributed by atoms with Crippen molar-refractivity contribution in [1.82, 2.24) is 10.6 Å². The van der Waals surface area contributed by atoms with Gasteiger partial charge in [-0.2, -0.15) is 0 Å². The van der Waals surface area contributed by atoms with Crippen molar-refractivity contribution in [3.8, 4) is 22.3 Å². The number of amides is 2. The largest absolute Gasteiger partial charge is 0.331 e. The number of rotatable bonds is 2. The predicted molar refractivity (Wildman–Crippen MR) is 140 cm³/mol. The quantitative estimate of drug-likeness (QED) is 0.396. The molecule has 4 heteroatoms. The van der Waals surface area contributed by atoms with Gasteiger partial charge in [0.05, 0.1) is 0 Å². The van der Waals surface area contributed by atoms with E-state index < -0.39 is 22.9 Å². The average Bonchev–Trinajstić information content (AvgIpc) is 3.37. The summed E-state index contributed by atoms with van der Waals surface area (Å²) in [7, 11) is 0. The monoisotopic (exact) mass is 470 g/mol. The van der Waals surface area contributed by atoms with Gasteiger partial charge in [0.15, 0.2) is 0 Å². The van der Waals surface area contributed by atoms with Gasteiger partial charge in [0, 0.05) is 0 Å². The molecule has 1 aliphatic heterocycles. The van der Waals surface area contributed by atoms with Gasteiger partial charge in [0.1, 0.15) is 11.1 Å². The molecule has 7 rings (SSSR count). The Morgan fingerprint density at radius 3 is 1.56 bits per heavy atom. The third-order valence-corrected chi connectivity index (χ3v) is 8.44. The predicted octanol–water partition coefficient (Wildman–Crippen LogP) is 5.21. The Morgan fingerprint density at radius 1 is 0.556 bits per heavy atom. The van der Waals surface area contributed by atoms with E-state index in [0.717, 1.165) is 51.8 Å². The molecule has 2 amide bonds. The Morgan fingerprint density at radius 2 is 1.00 bits per heavy atom. The number of hydrogen-bond donors (Lipinski definition) is 2. The Kier molecular flexibility index (Phi) is 4.21. The van der Waals surface area contributed by atoms with Gasteiger partial charge in [-0.1, -0.05) is 98.8 Å². The zero-order chi connectivity index (χ0) is 24.7. The van der Waals surface area contributed by atoms with Gasteiger partial charge in [-0.3, -0.25) is 9.59 Å². The average molecular weight is 471 g/mol. The van der Waals surface area contributed by atoms with E-state index in [2.05, 4.69) is 79.1 Å². The summed E-state index contributed by atoms with van der Waals surface area (Å²) in [4.78, 5) is 26.7. The van der Waals surface area contributed by atoms with Gasteiger partial charge in [-0.15, -0.1) is 0 Å². The molecule has 4 aromatic rings. The van der Waals surface area contributed by atoms with E-state index in [-0.39, 0.29) is 0 Å². The van der Waals surface area contributed by atoms with Crippen molar-refractivity contribution < 1.29 is 9.59 Å². The lowest BCUT2D eigenvalue weighted by Crippen LogP contribution is -2.73. The molecule has 2 aliphatic carbocycles. The summed E-state index contributed by atoms with van der Waals surface area (Å²) >= 11 is 0. The minimum atomic E-state index is -0.997. The van der Waals surface area contributed by atoms with Crippen LogP contribution in [0.15, 0.2) is 84.9 Å². The molecule has 176 valence electrons. The van der Waals surface area contributed by atoms with Gasteiger partial charge < -0.3 is 10.6 Å². The van der Waals surface area contributed by atoms with Crippen LogP contribution in [-0.2, 0) is 33.5 Å². The number of fused-ring (bicyclic) bond motifs is 11.